The van der Waals surface area contributed by atoms with Gasteiger partial charge < -0.3 is 30.1 Å². The summed E-state index contributed by atoms with van der Waals surface area (Å²) in [4.78, 5) is 23.8. The largest absolute Gasteiger partial charge is 0.493 e. The number of aromatic nitrogens is 2. The number of carboxylic acids is 1. The van der Waals surface area contributed by atoms with E-state index >= 15 is 0 Å². The number of carbonyl (C=O) groups is 2. The van der Waals surface area contributed by atoms with Gasteiger partial charge in [-0.25, -0.2) is 9.59 Å². The first kappa shape index (κ1) is 28.0. The molecule has 2 fully saturated rings. The van der Waals surface area contributed by atoms with Gasteiger partial charge in [-0.05, 0) is 63.0 Å². The molecule has 1 saturated heterocycles. The van der Waals surface area contributed by atoms with Crippen LogP contribution in [0, 0.1) is 0 Å². The van der Waals surface area contributed by atoms with E-state index in [2.05, 4.69) is 44.9 Å². The number of nitrogens with zero attached hydrogens (tertiary/aromatic N) is 3. The summed E-state index contributed by atoms with van der Waals surface area (Å²) < 4.78 is 42.7. The van der Waals surface area contributed by atoms with Crippen LogP contribution >= 0.6 is 0 Å². The van der Waals surface area contributed by atoms with E-state index in [1.807, 2.05) is 6.07 Å². The smallest absolute Gasteiger partial charge is 0.490 e. The number of likely N-dealkylation sites (tertiary alicyclic amines) is 1. The Hall–Kier alpha value is -3.61. The highest BCUT2D eigenvalue weighted by Crippen LogP contribution is 2.49. The first-order valence-electron chi connectivity index (χ1n) is 11.6. The number of benzene rings is 1. The Morgan fingerprint density at radius 2 is 1.84 bits per heavy atom. The molecule has 1 saturated carbocycles. The number of amides is 2. The molecule has 3 N–H and O–H groups in total. The molecule has 3 atom stereocenters. The number of alkyl halides is 3. The molecule has 1 aromatic heterocycles. The topological polar surface area (TPSA) is 126 Å². The Morgan fingerprint density at radius 1 is 1.14 bits per heavy atom. The maximum Gasteiger partial charge on any atom is 0.490 e. The molecule has 202 valence electrons. The number of hydrogen-bond donors (Lipinski definition) is 3. The summed E-state index contributed by atoms with van der Waals surface area (Å²) in [6.07, 6.45) is 1.96. The number of methoxy groups -OCH3 is 2. The molecule has 1 aliphatic carbocycles. The number of ether oxygens (including phenoxy) is 2. The van der Waals surface area contributed by atoms with Crippen molar-refractivity contribution in [2.45, 2.75) is 49.4 Å². The molecule has 0 spiro atoms. The van der Waals surface area contributed by atoms with Crippen LogP contribution < -0.4 is 20.1 Å². The average molecular weight is 526 g/mol. The average Bonchev–Trinajstić information content (AvgIpc) is 3.21. The molecule has 4 rings (SSSR count). The van der Waals surface area contributed by atoms with Crippen LogP contribution in [0.2, 0.25) is 0 Å². The minimum absolute atomic E-state index is 0.0674. The molecule has 2 aromatic rings. The molecule has 13 heteroatoms. The number of anilines is 1. The van der Waals surface area contributed by atoms with Gasteiger partial charge in [0.25, 0.3) is 0 Å². The number of carboxylic acid groups (broad SMARTS) is 1. The van der Waals surface area contributed by atoms with Crippen LogP contribution in [0.1, 0.15) is 31.2 Å². The van der Waals surface area contributed by atoms with E-state index in [1.54, 1.807) is 26.5 Å². The minimum Gasteiger partial charge on any atom is -0.493 e. The van der Waals surface area contributed by atoms with Crippen LogP contribution in [0.25, 0.3) is 0 Å². The fourth-order valence-electron chi connectivity index (χ4n) is 5.11. The summed E-state index contributed by atoms with van der Waals surface area (Å²) in [5.41, 5.74) is 1.99. The lowest BCUT2D eigenvalue weighted by molar-refractivity contribution is -0.192. The monoisotopic (exact) mass is 525 g/mol. The summed E-state index contributed by atoms with van der Waals surface area (Å²) in [6.45, 7) is 1.04. The molecule has 1 aromatic carbocycles. The highest BCUT2D eigenvalue weighted by Gasteiger charge is 2.50. The van der Waals surface area contributed by atoms with E-state index in [-0.39, 0.29) is 17.5 Å². The Kier molecular flexibility index (Phi) is 8.79. The maximum atomic E-state index is 12.4. The van der Waals surface area contributed by atoms with Crippen molar-refractivity contribution in [3.8, 4) is 11.5 Å². The normalized spacial score (nSPS) is 23.2. The van der Waals surface area contributed by atoms with E-state index in [4.69, 9.17) is 19.4 Å². The lowest BCUT2D eigenvalue weighted by atomic mass is 9.65. The van der Waals surface area contributed by atoms with Gasteiger partial charge in [0.1, 0.15) is 0 Å². The van der Waals surface area contributed by atoms with Gasteiger partial charge in [-0.2, -0.15) is 23.4 Å². The zero-order valence-electron chi connectivity index (χ0n) is 20.7. The summed E-state index contributed by atoms with van der Waals surface area (Å²) in [5.74, 6) is -1.24. The van der Waals surface area contributed by atoms with Crippen molar-refractivity contribution in [1.29, 1.82) is 0 Å². The molecule has 3 unspecified atom stereocenters. The van der Waals surface area contributed by atoms with Crippen molar-refractivity contribution in [3.05, 3.63) is 42.2 Å². The van der Waals surface area contributed by atoms with Gasteiger partial charge in [0.2, 0.25) is 0 Å². The van der Waals surface area contributed by atoms with Crippen molar-refractivity contribution < 1.29 is 37.3 Å². The standard InChI is InChI=1S/C22H29N5O3.C2HF3O2/c1-27-11-9-22(15-4-5-18(29-2)19(12-15)30-3)8-6-16(13-20(22)27)25-21(28)26-17-7-10-23-24-14-17;3-2(4,5)1(6)7/h4-5,7,10,12,14,16,20H,6,8-9,11,13H2,1-3H3,(H2,23,25,26,28);(H,6,7). The van der Waals surface area contributed by atoms with Gasteiger partial charge in [-0.15, -0.1) is 0 Å². The van der Waals surface area contributed by atoms with Crippen molar-refractivity contribution in [3.63, 3.8) is 0 Å². The van der Waals surface area contributed by atoms with Crippen LogP contribution in [0.15, 0.2) is 36.7 Å². The number of fused-ring (bicyclic) bond motifs is 1. The fourth-order valence-corrected chi connectivity index (χ4v) is 5.11. The van der Waals surface area contributed by atoms with Gasteiger partial charge in [-0.3, -0.25) is 0 Å². The van der Waals surface area contributed by atoms with Crippen molar-refractivity contribution in [2.24, 2.45) is 0 Å². The molecule has 0 radical (unpaired) electrons. The minimum atomic E-state index is -5.08. The number of nitrogens with one attached hydrogen (secondary N) is 2. The number of rotatable bonds is 5. The number of hydrogen-bond acceptors (Lipinski definition) is 7. The number of likely N-dealkylation sites (N-methyl/N-ethyl adjacent to an activating group) is 1. The van der Waals surface area contributed by atoms with Crippen LogP contribution in [0.3, 0.4) is 0 Å². The predicted molar refractivity (Wildman–Crippen MR) is 128 cm³/mol. The predicted octanol–water partition coefficient (Wildman–Crippen LogP) is 3.44. The number of aliphatic carboxylic acids is 1. The van der Waals surface area contributed by atoms with Gasteiger partial charge in [0.05, 0.1) is 32.3 Å². The third-order valence-electron chi connectivity index (χ3n) is 6.91. The third kappa shape index (κ3) is 6.59. The molecule has 37 heavy (non-hydrogen) atoms. The highest BCUT2D eigenvalue weighted by molar-refractivity contribution is 5.89. The van der Waals surface area contributed by atoms with Gasteiger partial charge in [-0.1, -0.05) is 6.07 Å². The van der Waals surface area contributed by atoms with Crippen LogP contribution in [0.4, 0.5) is 23.7 Å². The molecule has 2 amide bonds. The maximum absolute atomic E-state index is 12.4. The second-order valence-electron chi connectivity index (χ2n) is 8.98. The summed E-state index contributed by atoms with van der Waals surface area (Å²) in [5, 5.41) is 20.6. The number of urea groups is 1. The highest BCUT2D eigenvalue weighted by atomic mass is 19.4. The first-order chi connectivity index (χ1) is 17.5. The molecule has 1 aliphatic heterocycles. The second kappa shape index (κ2) is 11.6. The Morgan fingerprint density at radius 3 is 2.43 bits per heavy atom. The Bertz CT molecular complexity index is 1090. The van der Waals surface area contributed by atoms with E-state index < -0.39 is 12.1 Å². The van der Waals surface area contributed by atoms with E-state index in [0.29, 0.717) is 11.7 Å². The quantitative estimate of drug-likeness (QED) is 0.542. The van der Waals surface area contributed by atoms with Crippen molar-refractivity contribution >= 4 is 17.7 Å². The number of halogens is 3. The van der Waals surface area contributed by atoms with Crippen molar-refractivity contribution in [1.82, 2.24) is 20.4 Å². The third-order valence-corrected chi connectivity index (χ3v) is 6.91. The lowest BCUT2D eigenvalue weighted by Gasteiger charge is -2.45. The zero-order chi connectivity index (χ0) is 27.2. The molecule has 0 bridgehead atoms. The van der Waals surface area contributed by atoms with E-state index in [9.17, 15) is 18.0 Å². The van der Waals surface area contributed by atoms with Crippen LogP contribution in [-0.2, 0) is 10.2 Å². The van der Waals surface area contributed by atoms with E-state index in [0.717, 1.165) is 43.7 Å². The van der Waals surface area contributed by atoms with Gasteiger partial charge in [0.15, 0.2) is 11.5 Å². The number of carbonyl (C=O) groups excluding carboxylic acids is 1. The Balaban J connectivity index is 0.000000479. The van der Waals surface area contributed by atoms with Crippen LogP contribution in [0.5, 0.6) is 11.5 Å². The van der Waals surface area contributed by atoms with Crippen LogP contribution in [-0.4, -0.2) is 78.3 Å². The zero-order valence-corrected chi connectivity index (χ0v) is 20.7. The fraction of sp³-hybridized carbons (Fsp3) is 0.500. The van der Waals surface area contributed by atoms with Crippen molar-refractivity contribution in [2.75, 3.05) is 33.1 Å². The van der Waals surface area contributed by atoms with Gasteiger partial charge >= 0.3 is 18.2 Å². The molecule has 2 aliphatic rings. The summed E-state index contributed by atoms with van der Waals surface area (Å²) in [7, 11) is 5.51. The molecule has 10 nitrogen and oxygen atoms in total. The Labute approximate surface area is 212 Å². The second-order valence-corrected chi connectivity index (χ2v) is 8.98. The lowest BCUT2D eigenvalue weighted by Crippen LogP contribution is -2.52. The van der Waals surface area contributed by atoms with E-state index in [1.165, 1.54) is 11.8 Å². The summed E-state index contributed by atoms with van der Waals surface area (Å²) in [6, 6.07) is 8.30. The SMILES string of the molecule is COc1ccc(C23CCC(NC(=O)Nc4ccnnc4)CC2N(C)CC3)cc1OC.O=C(O)C(F)(F)F. The first-order valence-corrected chi connectivity index (χ1v) is 11.6. The van der Waals surface area contributed by atoms with Gasteiger partial charge in [0, 0.05) is 17.5 Å². The molecular weight excluding hydrogens is 495 g/mol. The molecule has 2 heterocycles. The summed E-state index contributed by atoms with van der Waals surface area (Å²) >= 11 is 0. The molecular formula is C24H30F3N5O5.